The van der Waals surface area contributed by atoms with Crippen molar-refractivity contribution in [1.29, 1.82) is 0 Å². The number of rotatable bonds is 8. The second kappa shape index (κ2) is 8.37. The van der Waals surface area contributed by atoms with Crippen LogP contribution in [0.15, 0.2) is 61.7 Å². The third kappa shape index (κ3) is 4.45. The van der Waals surface area contributed by atoms with E-state index in [1.165, 1.54) is 36.0 Å². The Morgan fingerprint density at radius 1 is 0.852 bits per heavy atom. The highest BCUT2D eigenvalue weighted by atomic mass is 32.2. The third-order valence-corrected chi connectivity index (χ3v) is 5.40. The zero-order valence-corrected chi connectivity index (χ0v) is 15.1. The Labute approximate surface area is 159 Å². The quantitative estimate of drug-likeness (QED) is 0.293. The fourth-order valence-corrected chi connectivity index (χ4v) is 3.64. The van der Waals surface area contributed by atoms with E-state index < -0.39 is 9.85 Å². The SMILES string of the molecule is C=CC(SC(C=C)c1ccc(N)c([N+](=O)[O-])c1)c1ccc(N)c([N+](=O)[O-])c1. The van der Waals surface area contributed by atoms with Crippen molar-refractivity contribution in [1.82, 2.24) is 0 Å². The van der Waals surface area contributed by atoms with Gasteiger partial charge in [-0.25, -0.2) is 0 Å². The molecule has 0 aliphatic rings. The number of nitro groups is 2. The fourth-order valence-electron chi connectivity index (χ4n) is 2.49. The first-order chi connectivity index (χ1) is 12.8. The van der Waals surface area contributed by atoms with Gasteiger partial charge < -0.3 is 11.5 Å². The highest BCUT2D eigenvalue weighted by Crippen LogP contribution is 2.44. The molecule has 0 aromatic heterocycles. The maximum Gasteiger partial charge on any atom is 0.292 e. The van der Waals surface area contributed by atoms with Gasteiger partial charge in [-0.1, -0.05) is 24.3 Å². The van der Waals surface area contributed by atoms with E-state index in [0.29, 0.717) is 11.1 Å². The van der Waals surface area contributed by atoms with Crippen LogP contribution in [-0.2, 0) is 0 Å². The molecule has 2 aromatic carbocycles. The Hall–Kier alpha value is -3.33. The minimum atomic E-state index is -0.544. The number of anilines is 2. The zero-order valence-electron chi connectivity index (χ0n) is 14.3. The van der Waals surface area contributed by atoms with Crippen LogP contribution in [0.3, 0.4) is 0 Å². The molecule has 0 amide bonds. The van der Waals surface area contributed by atoms with E-state index >= 15 is 0 Å². The molecule has 27 heavy (non-hydrogen) atoms. The lowest BCUT2D eigenvalue weighted by Crippen LogP contribution is -2.01. The van der Waals surface area contributed by atoms with Crippen LogP contribution in [0.25, 0.3) is 0 Å². The van der Waals surface area contributed by atoms with E-state index in [1.807, 2.05) is 0 Å². The molecule has 9 heteroatoms. The van der Waals surface area contributed by atoms with Gasteiger partial charge in [0, 0.05) is 22.6 Å². The maximum atomic E-state index is 11.1. The van der Waals surface area contributed by atoms with Crippen LogP contribution in [0.1, 0.15) is 21.6 Å². The average molecular weight is 386 g/mol. The molecule has 0 fully saturated rings. The molecule has 2 atom stereocenters. The summed E-state index contributed by atoms with van der Waals surface area (Å²) in [6, 6.07) is 9.13. The van der Waals surface area contributed by atoms with Crippen LogP contribution in [0.2, 0.25) is 0 Å². The van der Waals surface area contributed by atoms with Crippen molar-refractivity contribution in [2.45, 2.75) is 10.5 Å². The minimum absolute atomic E-state index is 0.0750. The second-order valence-electron chi connectivity index (χ2n) is 5.60. The highest BCUT2D eigenvalue weighted by molar-refractivity contribution is 8.00. The van der Waals surface area contributed by atoms with E-state index in [9.17, 15) is 20.2 Å². The number of nitro benzene ring substituents is 2. The first kappa shape index (κ1) is 20.0. The van der Waals surface area contributed by atoms with E-state index in [0.717, 1.165) is 0 Å². The Bertz CT molecular complexity index is 843. The number of thioether (sulfide) groups is 1. The van der Waals surface area contributed by atoms with Crippen molar-refractivity contribution in [3.63, 3.8) is 0 Å². The Morgan fingerprint density at radius 2 is 1.22 bits per heavy atom. The third-order valence-electron chi connectivity index (χ3n) is 3.88. The molecule has 0 bridgehead atoms. The van der Waals surface area contributed by atoms with E-state index in [-0.39, 0.29) is 33.2 Å². The van der Waals surface area contributed by atoms with Gasteiger partial charge in [-0.2, -0.15) is 0 Å². The van der Waals surface area contributed by atoms with E-state index in [1.54, 1.807) is 24.3 Å². The standard InChI is InChI=1S/C18H18N4O4S/c1-3-17(11-5-7-13(19)15(9-11)21(23)24)27-18(4-2)12-6-8-14(20)16(10-12)22(25)26/h3-10,17-18H,1-2,19-20H2. The molecule has 0 saturated carbocycles. The maximum absolute atomic E-state index is 11.1. The number of nitrogen functional groups attached to an aromatic ring is 2. The van der Waals surface area contributed by atoms with Crippen LogP contribution in [0.4, 0.5) is 22.7 Å². The predicted molar refractivity (Wildman–Crippen MR) is 108 cm³/mol. The molecule has 4 N–H and O–H groups in total. The van der Waals surface area contributed by atoms with Crippen molar-refractivity contribution in [2.75, 3.05) is 11.5 Å². The smallest absolute Gasteiger partial charge is 0.292 e. The lowest BCUT2D eigenvalue weighted by molar-refractivity contribution is -0.384. The van der Waals surface area contributed by atoms with Gasteiger partial charge in [-0.05, 0) is 23.3 Å². The summed E-state index contributed by atoms with van der Waals surface area (Å²) in [4.78, 5) is 21.2. The van der Waals surface area contributed by atoms with Crippen molar-refractivity contribution in [2.24, 2.45) is 0 Å². The molecule has 140 valence electrons. The molecule has 0 aliphatic carbocycles. The number of nitrogens with zero attached hydrogens (tertiary/aromatic N) is 2. The molecular weight excluding hydrogens is 368 g/mol. The van der Waals surface area contributed by atoms with Gasteiger partial charge in [0.2, 0.25) is 0 Å². The molecule has 0 spiro atoms. The highest BCUT2D eigenvalue weighted by Gasteiger charge is 2.22. The summed E-state index contributed by atoms with van der Waals surface area (Å²) >= 11 is 1.39. The average Bonchev–Trinajstić information content (AvgIpc) is 2.63. The molecule has 2 rings (SSSR count). The largest absolute Gasteiger partial charge is 0.393 e. The van der Waals surface area contributed by atoms with Gasteiger partial charge in [0.1, 0.15) is 11.4 Å². The van der Waals surface area contributed by atoms with Crippen LogP contribution < -0.4 is 11.5 Å². The second-order valence-corrected chi connectivity index (χ2v) is 6.89. The summed E-state index contributed by atoms with van der Waals surface area (Å²) in [6.45, 7) is 7.58. The molecule has 0 saturated heterocycles. The molecule has 0 aliphatic heterocycles. The van der Waals surface area contributed by atoms with Crippen molar-refractivity contribution in [3.8, 4) is 0 Å². The lowest BCUT2D eigenvalue weighted by atomic mass is 10.1. The summed E-state index contributed by atoms with van der Waals surface area (Å²) in [6.07, 6.45) is 3.28. The molecule has 8 nitrogen and oxygen atoms in total. The van der Waals surface area contributed by atoms with Crippen LogP contribution in [0.5, 0.6) is 0 Å². The van der Waals surface area contributed by atoms with Crippen molar-refractivity contribution >= 4 is 34.5 Å². The first-order valence-electron chi connectivity index (χ1n) is 7.76. The van der Waals surface area contributed by atoms with E-state index in [2.05, 4.69) is 13.2 Å². The zero-order chi connectivity index (χ0) is 20.1. The number of hydrogen-bond donors (Lipinski definition) is 2. The topological polar surface area (TPSA) is 138 Å². The van der Waals surface area contributed by atoms with Crippen molar-refractivity contribution < 1.29 is 9.85 Å². The van der Waals surface area contributed by atoms with Crippen molar-refractivity contribution in [3.05, 3.63) is 93.1 Å². The molecule has 0 radical (unpaired) electrons. The Balaban J connectivity index is 2.36. The van der Waals surface area contributed by atoms with Crippen LogP contribution in [0, 0.1) is 20.2 Å². The van der Waals surface area contributed by atoms with Gasteiger partial charge in [-0.15, -0.1) is 24.9 Å². The summed E-state index contributed by atoms with van der Waals surface area (Å²) < 4.78 is 0. The first-order valence-corrected chi connectivity index (χ1v) is 8.71. The molecular formula is C18H18N4O4S. The summed E-state index contributed by atoms with van der Waals surface area (Å²) in [5.41, 5.74) is 12.4. The molecule has 2 aromatic rings. The summed E-state index contributed by atoms with van der Waals surface area (Å²) in [5, 5.41) is 21.6. The van der Waals surface area contributed by atoms with Gasteiger partial charge in [-0.3, -0.25) is 20.2 Å². The fraction of sp³-hybridized carbons (Fsp3) is 0.111. The van der Waals surface area contributed by atoms with E-state index in [4.69, 9.17) is 11.5 Å². The molecule has 0 heterocycles. The van der Waals surface area contributed by atoms with Crippen LogP contribution >= 0.6 is 11.8 Å². The number of benzene rings is 2. The number of hydrogen-bond acceptors (Lipinski definition) is 7. The predicted octanol–water partition coefficient (Wildman–Crippen LogP) is 4.56. The summed E-state index contributed by atoms with van der Waals surface area (Å²) in [7, 11) is 0. The van der Waals surface area contributed by atoms with Gasteiger partial charge >= 0.3 is 0 Å². The van der Waals surface area contributed by atoms with Gasteiger partial charge in [0.15, 0.2) is 0 Å². The monoisotopic (exact) mass is 386 g/mol. The van der Waals surface area contributed by atoms with Gasteiger partial charge in [0.05, 0.1) is 9.85 Å². The van der Waals surface area contributed by atoms with Gasteiger partial charge in [0.25, 0.3) is 11.4 Å². The Morgan fingerprint density at radius 3 is 1.52 bits per heavy atom. The number of nitrogens with two attached hydrogens (primary N) is 2. The minimum Gasteiger partial charge on any atom is -0.393 e. The molecule has 2 unspecified atom stereocenters. The summed E-state index contributed by atoms with van der Waals surface area (Å²) in [5.74, 6) is 0. The normalized spacial score (nSPS) is 12.7. The lowest BCUT2D eigenvalue weighted by Gasteiger charge is -2.19. The Kier molecular flexibility index (Phi) is 6.19. The van der Waals surface area contributed by atoms with Crippen LogP contribution in [-0.4, -0.2) is 9.85 Å².